The number of benzene rings is 1. The van der Waals surface area contributed by atoms with Crippen molar-refractivity contribution in [3.8, 4) is 0 Å². The molecule has 112 valence electrons. The van der Waals surface area contributed by atoms with Crippen LogP contribution >= 0.6 is 11.8 Å². The van der Waals surface area contributed by atoms with Gasteiger partial charge in [0.25, 0.3) is 0 Å². The molecule has 2 nitrogen and oxygen atoms in total. The molecule has 1 aromatic heterocycles. The standard InChI is InChI=1S/C18H24N2S/c1-3-21-16-9-8-15(11-16)19-12-14-10-13(2)20-18-7-5-4-6-17(14)18/h4-7,10,15-16,19H,3,8-9,11-12H2,1-2H3. The lowest BCUT2D eigenvalue weighted by molar-refractivity contribution is 0.526. The molecule has 0 spiro atoms. The summed E-state index contributed by atoms with van der Waals surface area (Å²) in [6, 6.07) is 11.4. The van der Waals surface area contributed by atoms with E-state index in [1.165, 1.54) is 36.0 Å². The zero-order chi connectivity index (χ0) is 14.7. The third-order valence-electron chi connectivity index (χ3n) is 4.30. The van der Waals surface area contributed by atoms with Crippen LogP contribution in [0.1, 0.15) is 37.4 Å². The van der Waals surface area contributed by atoms with E-state index in [0.29, 0.717) is 6.04 Å². The van der Waals surface area contributed by atoms with E-state index in [2.05, 4.69) is 66.2 Å². The molecule has 1 aliphatic rings. The van der Waals surface area contributed by atoms with Crippen LogP contribution < -0.4 is 5.32 Å². The molecule has 2 aromatic rings. The summed E-state index contributed by atoms with van der Waals surface area (Å²) < 4.78 is 0. The average molecular weight is 300 g/mol. The Labute approximate surface area is 131 Å². The summed E-state index contributed by atoms with van der Waals surface area (Å²) in [4.78, 5) is 4.62. The average Bonchev–Trinajstić information content (AvgIpc) is 2.93. The van der Waals surface area contributed by atoms with Crippen LogP contribution in [-0.4, -0.2) is 22.0 Å². The predicted octanol–water partition coefficient (Wildman–Crippen LogP) is 4.31. The molecule has 1 aliphatic carbocycles. The van der Waals surface area contributed by atoms with Crippen LogP contribution in [0.4, 0.5) is 0 Å². The number of para-hydroxylation sites is 1. The number of pyridine rings is 1. The second-order valence-electron chi connectivity index (χ2n) is 5.91. The van der Waals surface area contributed by atoms with Gasteiger partial charge in [-0.1, -0.05) is 25.1 Å². The molecule has 0 bridgehead atoms. The number of hydrogen-bond acceptors (Lipinski definition) is 3. The number of fused-ring (bicyclic) bond motifs is 1. The Morgan fingerprint density at radius 1 is 1.29 bits per heavy atom. The smallest absolute Gasteiger partial charge is 0.0708 e. The van der Waals surface area contributed by atoms with Gasteiger partial charge in [-0.05, 0) is 49.6 Å². The van der Waals surface area contributed by atoms with Crippen molar-refractivity contribution in [3.63, 3.8) is 0 Å². The highest BCUT2D eigenvalue weighted by Gasteiger charge is 2.24. The van der Waals surface area contributed by atoms with E-state index in [0.717, 1.165) is 23.0 Å². The van der Waals surface area contributed by atoms with Gasteiger partial charge >= 0.3 is 0 Å². The zero-order valence-corrected chi connectivity index (χ0v) is 13.7. The van der Waals surface area contributed by atoms with Gasteiger partial charge < -0.3 is 5.32 Å². The number of hydrogen-bond donors (Lipinski definition) is 1. The summed E-state index contributed by atoms with van der Waals surface area (Å²) in [5.41, 5.74) is 3.60. The summed E-state index contributed by atoms with van der Waals surface area (Å²) in [5, 5.41) is 5.91. The van der Waals surface area contributed by atoms with E-state index in [1.807, 2.05) is 0 Å². The molecule has 1 saturated carbocycles. The Morgan fingerprint density at radius 2 is 2.14 bits per heavy atom. The molecule has 1 N–H and O–H groups in total. The van der Waals surface area contributed by atoms with Gasteiger partial charge in [-0.25, -0.2) is 0 Å². The first-order valence-corrected chi connectivity index (χ1v) is 9.01. The van der Waals surface area contributed by atoms with Crippen LogP contribution in [0.3, 0.4) is 0 Å². The van der Waals surface area contributed by atoms with Gasteiger partial charge in [0.05, 0.1) is 5.52 Å². The number of aromatic nitrogens is 1. The van der Waals surface area contributed by atoms with Crippen molar-refractivity contribution >= 4 is 22.7 Å². The fraction of sp³-hybridized carbons (Fsp3) is 0.500. The molecule has 2 atom stereocenters. The molecule has 0 amide bonds. The molecule has 0 saturated heterocycles. The van der Waals surface area contributed by atoms with E-state index in [-0.39, 0.29) is 0 Å². The second-order valence-corrected chi connectivity index (χ2v) is 7.49. The highest BCUT2D eigenvalue weighted by molar-refractivity contribution is 7.99. The summed E-state index contributed by atoms with van der Waals surface area (Å²) >= 11 is 2.12. The number of rotatable bonds is 5. The monoisotopic (exact) mass is 300 g/mol. The molecule has 0 radical (unpaired) electrons. The van der Waals surface area contributed by atoms with Crippen LogP contribution in [-0.2, 0) is 6.54 Å². The third-order valence-corrected chi connectivity index (χ3v) is 5.53. The number of nitrogens with one attached hydrogen (secondary N) is 1. The summed E-state index contributed by atoms with van der Waals surface area (Å²) in [5.74, 6) is 1.24. The lowest BCUT2D eigenvalue weighted by atomic mass is 10.1. The van der Waals surface area contributed by atoms with Gasteiger partial charge in [0.2, 0.25) is 0 Å². The van der Waals surface area contributed by atoms with Crippen LogP contribution in [0.2, 0.25) is 0 Å². The number of aryl methyl sites for hydroxylation is 1. The van der Waals surface area contributed by atoms with Gasteiger partial charge in [0.15, 0.2) is 0 Å². The fourth-order valence-corrected chi connectivity index (χ4v) is 4.45. The van der Waals surface area contributed by atoms with Crippen molar-refractivity contribution in [2.24, 2.45) is 0 Å². The maximum atomic E-state index is 4.62. The van der Waals surface area contributed by atoms with E-state index < -0.39 is 0 Å². The first-order chi connectivity index (χ1) is 10.3. The van der Waals surface area contributed by atoms with Gasteiger partial charge in [0, 0.05) is 28.9 Å². The molecule has 1 aromatic carbocycles. The first kappa shape index (κ1) is 14.9. The van der Waals surface area contributed by atoms with Crippen molar-refractivity contribution in [2.75, 3.05) is 5.75 Å². The summed E-state index contributed by atoms with van der Waals surface area (Å²) in [7, 11) is 0. The Morgan fingerprint density at radius 3 is 3.00 bits per heavy atom. The Hall–Kier alpha value is -1.06. The minimum absolute atomic E-state index is 0.682. The van der Waals surface area contributed by atoms with Gasteiger partial charge in [-0.2, -0.15) is 11.8 Å². The Bertz CT molecular complexity index is 611. The van der Waals surface area contributed by atoms with Crippen LogP contribution in [0.25, 0.3) is 10.9 Å². The molecule has 3 heteroatoms. The Balaban J connectivity index is 1.68. The molecule has 1 heterocycles. The van der Waals surface area contributed by atoms with Crippen molar-refractivity contribution in [2.45, 2.75) is 50.9 Å². The first-order valence-electron chi connectivity index (χ1n) is 7.96. The van der Waals surface area contributed by atoms with Crippen molar-refractivity contribution in [3.05, 3.63) is 41.6 Å². The van der Waals surface area contributed by atoms with E-state index in [4.69, 9.17) is 0 Å². The molecule has 21 heavy (non-hydrogen) atoms. The lowest BCUT2D eigenvalue weighted by Gasteiger charge is -2.14. The minimum Gasteiger partial charge on any atom is -0.310 e. The van der Waals surface area contributed by atoms with Gasteiger partial charge in [-0.15, -0.1) is 0 Å². The normalized spacial score (nSPS) is 22.0. The van der Waals surface area contributed by atoms with E-state index in [1.54, 1.807) is 0 Å². The molecule has 0 aliphatic heterocycles. The maximum absolute atomic E-state index is 4.62. The maximum Gasteiger partial charge on any atom is 0.0708 e. The second kappa shape index (κ2) is 6.80. The van der Waals surface area contributed by atoms with Crippen LogP contribution in [0.15, 0.2) is 30.3 Å². The van der Waals surface area contributed by atoms with Gasteiger partial charge in [0.1, 0.15) is 0 Å². The molecule has 2 unspecified atom stereocenters. The highest BCUT2D eigenvalue weighted by atomic mass is 32.2. The fourth-order valence-electron chi connectivity index (χ4n) is 3.31. The number of nitrogens with zero attached hydrogens (tertiary/aromatic N) is 1. The molecule has 3 rings (SSSR count). The predicted molar refractivity (Wildman–Crippen MR) is 92.9 cm³/mol. The van der Waals surface area contributed by atoms with Crippen molar-refractivity contribution < 1.29 is 0 Å². The van der Waals surface area contributed by atoms with Crippen LogP contribution in [0.5, 0.6) is 0 Å². The quantitative estimate of drug-likeness (QED) is 0.891. The lowest BCUT2D eigenvalue weighted by Crippen LogP contribution is -2.26. The zero-order valence-electron chi connectivity index (χ0n) is 12.9. The topological polar surface area (TPSA) is 24.9 Å². The number of thioether (sulfide) groups is 1. The van der Waals surface area contributed by atoms with Crippen molar-refractivity contribution in [1.82, 2.24) is 10.3 Å². The molecular formula is C18H24N2S. The highest BCUT2D eigenvalue weighted by Crippen LogP contribution is 2.30. The summed E-state index contributed by atoms with van der Waals surface area (Å²) in [6.45, 7) is 5.30. The minimum atomic E-state index is 0.682. The molecule has 1 fully saturated rings. The van der Waals surface area contributed by atoms with E-state index >= 15 is 0 Å². The van der Waals surface area contributed by atoms with Crippen molar-refractivity contribution in [1.29, 1.82) is 0 Å². The van der Waals surface area contributed by atoms with Crippen LogP contribution in [0, 0.1) is 6.92 Å². The van der Waals surface area contributed by atoms with Gasteiger partial charge in [-0.3, -0.25) is 4.98 Å². The largest absolute Gasteiger partial charge is 0.310 e. The third kappa shape index (κ3) is 3.58. The van der Waals surface area contributed by atoms with E-state index in [9.17, 15) is 0 Å². The Kier molecular flexibility index (Phi) is 4.81. The summed E-state index contributed by atoms with van der Waals surface area (Å²) in [6.07, 6.45) is 4.01. The molecular weight excluding hydrogens is 276 g/mol. The SMILES string of the molecule is CCSC1CCC(NCc2cc(C)nc3ccccc23)C1.